The van der Waals surface area contributed by atoms with E-state index in [0.29, 0.717) is 35.3 Å². The predicted molar refractivity (Wildman–Crippen MR) is 132 cm³/mol. The van der Waals surface area contributed by atoms with Gasteiger partial charge in [0.1, 0.15) is 5.82 Å². The van der Waals surface area contributed by atoms with Crippen molar-refractivity contribution in [1.29, 1.82) is 0 Å². The van der Waals surface area contributed by atoms with Gasteiger partial charge in [-0.25, -0.2) is 13.2 Å². The van der Waals surface area contributed by atoms with Crippen molar-refractivity contribution >= 4 is 10.8 Å². The Bertz CT molecular complexity index is 1120. The van der Waals surface area contributed by atoms with Crippen LogP contribution in [0.15, 0.2) is 54.6 Å². The largest absolute Gasteiger partial charge is 0.206 e. The van der Waals surface area contributed by atoms with Crippen molar-refractivity contribution in [2.75, 3.05) is 0 Å². The number of hydrogen-bond acceptors (Lipinski definition) is 0. The van der Waals surface area contributed by atoms with Crippen molar-refractivity contribution in [3.8, 4) is 11.1 Å². The summed E-state index contributed by atoms with van der Waals surface area (Å²) in [5.41, 5.74) is 2.48. The molecule has 0 amide bonds. The summed E-state index contributed by atoms with van der Waals surface area (Å²) in [6, 6.07) is 12.8. The van der Waals surface area contributed by atoms with E-state index in [1.165, 1.54) is 44.1 Å². The molecular weight excluding hydrogens is 417 g/mol. The van der Waals surface area contributed by atoms with E-state index in [0.717, 1.165) is 5.92 Å². The average Bonchev–Trinajstić information content (AvgIpc) is 2.83. The lowest BCUT2D eigenvalue weighted by atomic mass is 9.77. The van der Waals surface area contributed by atoms with Crippen LogP contribution in [0, 0.1) is 23.4 Å². The van der Waals surface area contributed by atoms with Crippen LogP contribution >= 0.6 is 0 Å². The Hall–Kier alpha value is -2.55. The van der Waals surface area contributed by atoms with Crippen LogP contribution in [0.2, 0.25) is 0 Å². The van der Waals surface area contributed by atoms with E-state index in [-0.39, 0.29) is 10.9 Å². The van der Waals surface area contributed by atoms with Gasteiger partial charge < -0.3 is 0 Å². The Balaban J connectivity index is 1.59. The highest BCUT2D eigenvalue weighted by atomic mass is 19.2. The third kappa shape index (κ3) is 5.03. The summed E-state index contributed by atoms with van der Waals surface area (Å²) >= 11 is 0. The molecule has 174 valence electrons. The average molecular weight is 451 g/mol. The molecule has 0 spiro atoms. The maximum Gasteiger partial charge on any atom is 0.170 e. The molecule has 0 bridgehead atoms. The van der Waals surface area contributed by atoms with E-state index in [9.17, 15) is 4.39 Å². The van der Waals surface area contributed by atoms with Gasteiger partial charge in [0.25, 0.3) is 0 Å². The molecule has 4 rings (SSSR count). The van der Waals surface area contributed by atoms with Gasteiger partial charge in [-0.2, -0.15) is 0 Å². The first kappa shape index (κ1) is 23.6. The molecule has 1 aliphatic rings. The number of allylic oxidation sites excluding steroid dienone is 2. The second-order valence-electron chi connectivity index (χ2n) is 9.42. The highest BCUT2D eigenvalue weighted by Crippen LogP contribution is 2.39. The molecule has 3 aromatic rings. The first-order chi connectivity index (χ1) is 16.0. The molecule has 0 aliphatic heterocycles. The minimum atomic E-state index is -1.11. The molecule has 1 fully saturated rings. The zero-order valence-electron chi connectivity index (χ0n) is 19.6. The predicted octanol–water partition coefficient (Wildman–Crippen LogP) is 9.51. The molecule has 1 saturated carbocycles. The third-order valence-corrected chi connectivity index (χ3v) is 7.26. The molecule has 3 aromatic carbocycles. The molecule has 0 radical (unpaired) electrons. The van der Waals surface area contributed by atoms with Crippen molar-refractivity contribution in [2.45, 2.75) is 71.1 Å². The van der Waals surface area contributed by atoms with Crippen LogP contribution in [-0.4, -0.2) is 0 Å². The van der Waals surface area contributed by atoms with E-state index in [1.54, 1.807) is 18.2 Å². The molecule has 0 heterocycles. The van der Waals surface area contributed by atoms with Crippen LogP contribution in [-0.2, 0) is 6.42 Å². The van der Waals surface area contributed by atoms with Crippen molar-refractivity contribution in [2.24, 2.45) is 5.92 Å². The first-order valence-corrected chi connectivity index (χ1v) is 12.3. The Kier molecular flexibility index (Phi) is 7.57. The van der Waals surface area contributed by atoms with Crippen molar-refractivity contribution in [1.82, 2.24) is 0 Å². The molecule has 0 nitrogen and oxygen atoms in total. The number of rotatable bonds is 7. The molecule has 0 N–H and O–H groups in total. The number of hydrogen-bond donors (Lipinski definition) is 0. The third-order valence-electron chi connectivity index (χ3n) is 7.26. The van der Waals surface area contributed by atoms with Crippen LogP contribution in [0.3, 0.4) is 0 Å². The Morgan fingerprint density at radius 2 is 1.61 bits per heavy atom. The lowest BCUT2D eigenvalue weighted by Crippen LogP contribution is -2.13. The minimum absolute atomic E-state index is 0.180. The number of fused-ring (bicyclic) bond motifs is 1. The zero-order chi connectivity index (χ0) is 23.4. The summed E-state index contributed by atoms with van der Waals surface area (Å²) in [6.07, 6.45) is 12.4. The second kappa shape index (κ2) is 10.6. The van der Waals surface area contributed by atoms with Crippen LogP contribution in [0.1, 0.15) is 75.8 Å². The van der Waals surface area contributed by atoms with E-state index < -0.39 is 17.5 Å². The van der Waals surface area contributed by atoms with E-state index >= 15 is 8.78 Å². The van der Waals surface area contributed by atoms with Gasteiger partial charge in [0.2, 0.25) is 0 Å². The standard InChI is InChI=1S/C30H33F3/c1-3-5-6-8-24-17-18-25-19-26(29(32)30(33)27(25)28(24)31)23-15-13-22(14-16-23)21-11-9-20(7-4-2)10-12-21/h3,5,13-21H,4,6-12H2,1-2H3/b5-3+. The van der Waals surface area contributed by atoms with Gasteiger partial charge in [-0.1, -0.05) is 68.3 Å². The lowest BCUT2D eigenvalue weighted by molar-refractivity contribution is 0.308. The van der Waals surface area contributed by atoms with Crippen molar-refractivity contribution in [3.05, 3.63) is 83.2 Å². The summed E-state index contributed by atoms with van der Waals surface area (Å²) < 4.78 is 45.0. The molecule has 0 atom stereocenters. The van der Waals surface area contributed by atoms with Gasteiger partial charge >= 0.3 is 0 Å². The van der Waals surface area contributed by atoms with Crippen LogP contribution in [0.5, 0.6) is 0 Å². The van der Waals surface area contributed by atoms with Gasteiger partial charge in [0.15, 0.2) is 11.6 Å². The first-order valence-electron chi connectivity index (χ1n) is 12.3. The number of benzene rings is 3. The molecule has 0 aromatic heterocycles. The molecule has 3 heteroatoms. The second-order valence-corrected chi connectivity index (χ2v) is 9.42. The molecule has 33 heavy (non-hydrogen) atoms. The fourth-order valence-electron chi connectivity index (χ4n) is 5.36. The van der Waals surface area contributed by atoms with Gasteiger partial charge in [0, 0.05) is 5.56 Å². The summed E-state index contributed by atoms with van der Waals surface area (Å²) in [7, 11) is 0. The number of halogens is 3. The van der Waals surface area contributed by atoms with Crippen LogP contribution in [0.25, 0.3) is 21.9 Å². The quantitative estimate of drug-likeness (QED) is 0.314. The molecule has 0 saturated heterocycles. The summed E-state index contributed by atoms with van der Waals surface area (Å²) in [6.45, 7) is 4.15. The SMILES string of the molecule is C/C=C/CCc1ccc2cc(-c3ccc(C4CCC(CCC)CC4)cc3)c(F)c(F)c2c1F. The zero-order valence-corrected chi connectivity index (χ0v) is 19.6. The normalized spacial score (nSPS) is 18.9. The smallest absolute Gasteiger partial charge is 0.170 e. The van der Waals surface area contributed by atoms with Gasteiger partial charge in [-0.3, -0.25) is 0 Å². The summed E-state index contributed by atoms with van der Waals surface area (Å²) in [4.78, 5) is 0. The van der Waals surface area contributed by atoms with Gasteiger partial charge in [-0.15, -0.1) is 0 Å². The van der Waals surface area contributed by atoms with E-state index in [2.05, 4.69) is 6.92 Å². The highest BCUT2D eigenvalue weighted by Gasteiger charge is 2.23. The van der Waals surface area contributed by atoms with E-state index in [4.69, 9.17) is 0 Å². The Morgan fingerprint density at radius 1 is 0.879 bits per heavy atom. The molecule has 0 unspecified atom stereocenters. The maximum absolute atomic E-state index is 15.1. The Morgan fingerprint density at radius 3 is 2.27 bits per heavy atom. The minimum Gasteiger partial charge on any atom is -0.206 e. The fourth-order valence-corrected chi connectivity index (χ4v) is 5.36. The summed E-state index contributed by atoms with van der Waals surface area (Å²) in [5, 5.41) is 0.129. The van der Waals surface area contributed by atoms with Gasteiger partial charge in [0.05, 0.1) is 5.39 Å². The van der Waals surface area contributed by atoms with Crippen LogP contribution < -0.4 is 0 Å². The fraction of sp³-hybridized carbons (Fsp3) is 0.400. The topological polar surface area (TPSA) is 0 Å². The Labute approximate surface area is 195 Å². The maximum atomic E-state index is 15.1. The molecule has 1 aliphatic carbocycles. The lowest BCUT2D eigenvalue weighted by Gasteiger charge is -2.28. The highest BCUT2D eigenvalue weighted by molar-refractivity contribution is 5.89. The van der Waals surface area contributed by atoms with Crippen molar-refractivity contribution in [3.63, 3.8) is 0 Å². The summed E-state index contributed by atoms with van der Waals surface area (Å²) in [5.74, 6) is -1.36. The molecular formula is C30H33F3. The number of aryl methyl sites for hydroxylation is 1. The van der Waals surface area contributed by atoms with Crippen LogP contribution in [0.4, 0.5) is 13.2 Å². The van der Waals surface area contributed by atoms with Crippen molar-refractivity contribution < 1.29 is 13.2 Å². The van der Waals surface area contributed by atoms with E-state index in [1.807, 2.05) is 43.3 Å². The van der Waals surface area contributed by atoms with Gasteiger partial charge in [-0.05, 0) is 85.4 Å². The monoisotopic (exact) mass is 450 g/mol.